The van der Waals surface area contributed by atoms with E-state index in [0.29, 0.717) is 24.3 Å². The summed E-state index contributed by atoms with van der Waals surface area (Å²) >= 11 is 0. The molecule has 0 bridgehead atoms. The Kier molecular flexibility index (Phi) is 8.22. The Labute approximate surface area is 229 Å². The number of hydrogen-bond acceptors (Lipinski definition) is 6. The van der Waals surface area contributed by atoms with Gasteiger partial charge in [-0.2, -0.15) is 4.98 Å². The van der Waals surface area contributed by atoms with Crippen LogP contribution < -0.4 is 15.5 Å². The molecule has 0 saturated heterocycles. The van der Waals surface area contributed by atoms with E-state index in [1.54, 1.807) is 0 Å². The van der Waals surface area contributed by atoms with E-state index in [-0.39, 0.29) is 10.8 Å². The molecule has 3 N–H and O–H groups in total. The van der Waals surface area contributed by atoms with E-state index in [9.17, 15) is 5.11 Å². The lowest BCUT2D eigenvalue weighted by molar-refractivity contribution is 0.323. The van der Waals surface area contributed by atoms with E-state index < -0.39 is 0 Å². The largest absolute Gasteiger partial charge is 0.507 e. The van der Waals surface area contributed by atoms with Crippen molar-refractivity contribution in [3.05, 3.63) is 53.1 Å². The second-order valence-electron chi connectivity index (χ2n) is 13.3. The summed E-state index contributed by atoms with van der Waals surface area (Å²) in [6, 6.07) is 13.0. The maximum Gasteiger partial charge on any atom is 0.225 e. The van der Waals surface area contributed by atoms with Crippen LogP contribution in [0.3, 0.4) is 0 Å². The normalized spacial score (nSPS) is 18.5. The van der Waals surface area contributed by atoms with Crippen molar-refractivity contribution < 1.29 is 5.11 Å². The molecule has 1 saturated carbocycles. The molecule has 38 heavy (non-hydrogen) atoms. The standard InChI is InChI=1S/C32H47N5O/c1-31(2,3)23-17-22(28(38)26(18-23)32(4,5)6)20-33-19-21-13-15-24(16-14-21)34-30-35-27-12-10-9-11-25(27)29(36-30)37(7)8/h9-12,17-18,21,24,33,38H,13-16,19-20H2,1-8H3,(H,34,35,36). The third-order valence-corrected chi connectivity index (χ3v) is 7.80. The van der Waals surface area contributed by atoms with Gasteiger partial charge < -0.3 is 20.6 Å². The van der Waals surface area contributed by atoms with Crippen LogP contribution in [-0.4, -0.2) is 41.8 Å². The molecule has 0 spiro atoms. The molecule has 1 aliphatic rings. The van der Waals surface area contributed by atoms with Crippen molar-refractivity contribution in [3.63, 3.8) is 0 Å². The zero-order valence-corrected chi connectivity index (χ0v) is 24.7. The highest BCUT2D eigenvalue weighted by Crippen LogP contribution is 2.38. The first-order valence-electron chi connectivity index (χ1n) is 14.1. The average molecular weight is 518 g/mol. The van der Waals surface area contributed by atoms with Gasteiger partial charge in [-0.05, 0) is 72.2 Å². The number of anilines is 2. The highest BCUT2D eigenvalue weighted by molar-refractivity contribution is 5.90. The first-order valence-corrected chi connectivity index (χ1v) is 14.1. The molecule has 0 amide bonds. The summed E-state index contributed by atoms with van der Waals surface area (Å²) in [6.45, 7) is 14.9. The van der Waals surface area contributed by atoms with Gasteiger partial charge in [-0.25, -0.2) is 4.98 Å². The fourth-order valence-electron chi connectivity index (χ4n) is 5.40. The van der Waals surface area contributed by atoms with E-state index in [1.807, 2.05) is 26.2 Å². The van der Waals surface area contributed by atoms with Gasteiger partial charge in [0.05, 0.1) is 5.52 Å². The zero-order chi connectivity index (χ0) is 27.7. The number of nitrogens with one attached hydrogen (secondary N) is 2. The lowest BCUT2D eigenvalue weighted by Crippen LogP contribution is -2.32. The number of fused-ring (bicyclic) bond motifs is 1. The highest BCUT2D eigenvalue weighted by atomic mass is 16.3. The molecule has 2 aromatic carbocycles. The number of aromatic hydroxyl groups is 1. The van der Waals surface area contributed by atoms with Crippen LogP contribution in [0.25, 0.3) is 10.9 Å². The van der Waals surface area contributed by atoms with Gasteiger partial charge in [-0.1, -0.05) is 65.8 Å². The Bertz CT molecular complexity index is 1250. The summed E-state index contributed by atoms with van der Waals surface area (Å²) < 4.78 is 0. The van der Waals surface area contributed by atoms with Gasteiger partial charge in [0.2, 0.25) is 5.95 Å². The maximum absolute atomic E-state index is 11.1. The second-order valence-corrected chi connectivity index (χ2v) is 13.3. The minimum atomic E-state index is -0.104. The zero-order valence-electron chi connectivity index (χ0n) is 24.7. The summed E-state index contributed by atoms with van der Waals surface area (Å²) in [4.78, 5) is 11.7. The van der Waals surface area contributed by atoms with Crippen molar-refractivity contribution in [1.29, 1.82) is 0 Å². The number of phenolic OH excluding ortho intramolecular Hbond substituents is 1. The van der Waals surface area contributed by atoms with Gasteiger partial charge >= 0.3 is 0 Å². The molecule has 0 unspecified atom stereocenters. The van der Waals surface area contributed by atoms with Gasteiger partial charge in [0.15, 0.2) is 0 Å². The molecule has 1 aromatic heterocycles. The first-order chi connectivity index (χ1) is 17.8. The van der Waals surface area contributed by atoms with Crippen LogP contribution in [-0.2, 0) is 17.4 Å². The van der Waals surface area contributed by atoms with Crippen LogP contribution in [0, 0.1) is 5.92 Å². The molecule has 6 nitrogen and oxygen atoms in total. The number of benzene rings is 2. The highest BCUT2D eigenvalue weighted by Gasteiger charge is 2.26. The Morgan fingerprint density at radius 3 is 2.24 bits per heavy atom. The number of hydrogen-bond donors (Lipinski definition) is 3. The Morgan fingerprint density at radius 1 is 0.921 bits per heavy atom. The third-order valence-electron chi connectivity index (χ3n) is 7.80. The fourth-order valence-corrected chi connectivity index (χ4v) is 5.40. The predicted molar refractivity (Wildman–Crippen MR) is 160 cm³/mol. The number of aromatic nitrogens is 2. The topological polar surface area (TPSA) is 73.3 Å². The van der Waals surface area contributed by atoms with Crippen molar-refractivity contribution >= 4 is 22.7 Å². The molecular formula is C32H47N5O. The number of rotatable bonds is 7. The first kappa shape index (κ1) is 28.2. The molecule has 0 atom stereocenters. The monoisotopic (exact) mass is 517 g/mol. The molecule has 6 heteroatoms. The number of phenols is 1. The van der Waals surface area contributed by atoms with E-state index in [0.717, 1.165) is 53.2 Å². The summed E-state index contributed by atoms with van der Waals surface area (Å²) in [5, 5.41) is 19.4. The van der Waals surface area contributed by atoms with Crippen molar-refractivity contribution in [2.75, 3.05) is 30.9 Å². The maximum atomic E-state index is 11.1. The molecule has 1 fully saturated rings. The van der Waals surface area contributed by atoms with Crippen molar-refractivity contribution in [1.82, 2.24) is 15.3 Å². The van der Waals surface area contributed by atoms with Crippen LogP contribution in [0.4, 0.5) is 11.8 Å². The van der Waals surface area contributed by atoms with Crippen molar-refractivity contribution in [2.45, 2.75) is 90.6 Å². The molecule has 1 aliphatic carbocycles. The number of nitrogens with zero attached hydrogens (tertiary/aromatic N) is 3. The second kappa shape index (κ2) is 11.1. The van der Waals surface area contributed by atoms with Crippen LogP contribution in [0.15, 0.2) is 36.4 Å². The molecule has 0 aliphatic heterocycles. The van der Waals surface area contributed by atoms with E-state index in [2.05, 4.69) is 81.3 Å². The Hall–Kier alpha value is -2.86. The lowest BCUT2D eigenvalue weighted by atomic mass is 9.79. The molecular weight excluding hydrogens is 470 g/mol. The average Bonchev–Trinajstić information content (AvgIpc) is 2.84. The summed E-state index contributed by atoms with van der Waals surface area (Å²) in [7, 11) is 4.06. The van der Waals surface area contributed by atoms with E-state index in [1.165, 1.54) is 18.4 Å². The van der Waals surface area contributed by atoms with Gasteiger partial charge in [0.1, 0.15) is 11.6 Å². The van der Waals surface area contributed by atoms with Crippen LogP contribution in [0.1, 0.15) is 83.9 Å². The Morgan fingerprint density at radius 2 is 1.61 bits per heavy atom. The van der Waals surface area contributed by atoms with Crippen LogP contribution in [0.5, 0.6) is 5.75 Å². The quantitative estimate of drug-likeness (QED) is 0.322. The SMILES string of the molecule is CN(C)c1nc(NC2CCC(CNCc3cc(C(C)(C)C)cc(C(C)(C)C)c3O)CC2)nc2ccccc12. The minimum absolute atomic E-state index is 0.0376. The van der Waals surface area contributed by atoms with Crippen LogP contribution in [0.2, 0.25) is 0 Å². The third kappa shape index (κ3) is 6.58. The number of para-hydroxylation sites is 1. The summed E-state index contributed by atoms with van der Waals surface area (Å²) in [6.07, 6.45) is 4.55. The molecule has 0 radical (unpaired) electrons. The Balaban J connectivity index is 1.34. The fraction of sp³-hybridized carbons (Fsp3) is 0.562. The molecule has 3 aromatic rings. The predicted octanol–water partition coefficient (Wildman–Crippen LogP) is 6.76. The van der Waals surface area contributed by atoms with Gasteiger partial charge in [-0.3, -0.25) is 0 Å². The minimum Gasteiger partial charge on any atom is -0.507 e. The molecule has 4 rings (SSSR count). The van der Waals surface area contributed by atoms with Crippen molar-refractivity contribution in [3.8, 4) is 5.75 Å². The molecule has 206 valence electrons. The smallest absolute Gasteiger partial charge is 0.225 e. The van der Waals surface area contributed by atoms with E-state index in [4.69, 9.17) is 9.97 Å². The van der Waals surface area contributed by atoms with Crippen LogP contribution >= 0.6 is 0 Å². The van der Waals surface area contributed by atoms with E-state index >= 15 is 0 Å². The van der Waals surface area contributed by atoms with Gasteiger partial charge in [0.25, 0.3) is 0 Å². The summed E-state index contributed by atoms with van der Waals surface area (Å²) in [5.41, 5.74) is 4.21. The summed E-state index contributed by atoms with van der Waals surface area (Å²) in [5.74, 6) is 2.75. The molecule has 1 heterocycles. The van der Waals surface area contributed by atoms with Gasteiger partial charge in [-0.15, -0.1) is 0 Å². The van der Waals surface area contributed by atoms with Gasteiger partial charge in [0, 0.05) is 37.6 Å². The lowest BCUT2D eigenvalue weighted by Gasteiger charge is -2.30. The van der Waals surface area contributed by atoms with Crippen molar-refractivity contribution in [2.24, 2.45) is 5.92 Å².